The maximum Gasteiger partial charge on any atom is 0.240 e. The predicted molar refractivity (Wildman–Crippen MR) is 120 cm³/mol. The standard InChI is InChI=1S/C23H35N3O2S/c1-29-17-20(24)21(27)26-14-12-23(13-15-26,16-18-8-4-2-5-9-18)22(28)25-19-10-6-3-7-11-19/h2,4-5,8-9,19-20H,3,6-7,10-17,24H2,1H3,(H,25,28)/t20-/m0/s1. The fourth-order valence-corrected chi connectivity index (χ4v) is 5.20. The monoisotopic (exact) mass is 417 g/mol. The summed E-state index contributed by atoms with van der Waals surface area (Å²) in [5.74, 6) is 0.821. The SMILES string of the molecule is CSC[C@H](N)C(=O)N1CCC(Cc2ccccc2)(C(=O)NC2CCCCC2)CC1. The van der Waals surface area contributed by atoms with Gasteiger partial charge in [0.25, 0.3) is 0 Å². The van der Waals surface area contributed by atoms with Crippen LogP contribution in [-0.2, 0) is 16.0 Å². The van der Waals surface area contributed by atoms with Crippen molar-refractivity contribution in [2.75, 3.05) is 25.1 Å². The number of piperidine rings is 1. The van der Waals surface area contributed by atoms with Crippen LogP contribution in [0.5, 0.6) is 0 Å². The zero-order chi connectivity index (χ0) is 20.7. The van der Waals surface area contributed by atoms with Crippen molar-refractivity contribution in [1.82, 2.24) is 10.2 Å². The van der Waals surface area contributed by atoms with Crippen molar-refractivity contribution in [3.8, 4) is 0 Å². The Kier molecular flexibility index (Phi) is 8.01. The van der Waals surface area contributed by atoms with Gasteiger partial charge in [0.2, 0.25) is 11.8 Å². The molecule has 1 aromatic carbocycles. The van der Waals surface area contributed by atoms with Gasteiger partial charge in [-0.05, 0) is 43.9 Å². The van der Waals surface area contributed by atoms with Gasteiger partial charge in [-0.15, -0.1) is 0 Å². The molecular weight excluding hydrogens is 382 g/mol. The molecule has 2 amide bonds. The van der Waals surface area contributed by atoms with E-state index in [1.165, 1.54) is 24.8 Å². The minimum Gasteiger partial charge on any atom is -0.353 e. The largest absolute Gasteiger partial charge is 0.353 e. The molecule has 1 aliphatic heterocycles. The molecule has 29 heavy (non-hydrogen) atoms. The van der Waals surface area contributed by atoms with E-state index in [1.54, 1.807) is 11.8 Å². The first-order chi connectivity index (χ1) is 14.0. The third-order valence-electron chi connectivity index (χ3n) is 6.50. The van der Waals surface area contributed by atoms with Crippen LogP contribution in [-0.4, -0.2) is 53.9 Å². The lowest BCUT2D eigenvalue weighted by Crippen LogP contribution is -2.55. The minimum absolute atomic E-state index is 0.0142. The van der Waals surface area contributed by atoms with Crippen LogP contribution in [0.15, 0.2) is 30.3 Å². The highest BCUT2D eigenvalue weighted by molar-refractivity contribution is 7.98. The lowest BCUT2D eigenvalue weighted by atomic mass is 9.72. The van der Waals surface area contributed by atoms with E-state index in [1.807, 2.05) is 29.4 Å². The van der Waals surface area contributed by atoms with Crippen LogP contribution >= 0.6 is 11.8 Å². The first-order valence-corrected chi connectivity index (χ1v) is 12.3. The normalized spacial score (nSPS) is 20.8. The molecule has 1 saturated carbocycles. The Morgan fingerprint density at radius 3 is 2.45 bits per heavy atom. The van der Waals surface area contributed by atoms with E-state index in [2.05, 4.69) is 17.4 Å². The Labute approximate surface area is 179 Å². The van der Waals surface area contributed by atoms with Gasteiger partial charge in [-0.1, -0.05) is 49.6 Å². The van der Waals surface area contributed by atoms with Gasteiger partial charge in [-0.3, -0.25) is 9.59 Å². The molecular formula is C23H35N3O2S. The highest BCUT2D eigenvalue weighted by Gasteiger charge is 2.43. The van der Waals surface area contributed by atoms with Crippen molar-refractivity contribution in [3.63, 3.8) is 0 Å². The number of likely N-dealkylation sites (tertiary alicyclic amines) is 1. The number of benzene rings is 1. The summed E-state index contributed by atoms with van der Waals surface area (Å²) in [6.45, 7) is 1.21. The fraction of sp³-hybridized carbons (Fsp3) is 0.652. The second-order valence-corrected chi connectivity index (χ2v) is 9.55. The van der Waals surface area contributed by atoms with Crippen molar-refractivity contribution < 1.29 is 9.59 Å². The second-order valence-electron chi connectivity index (χ2n) is 8.64. The van der Waals surface area contributed by atoms with E-state index in [9.17, 15) is 9.59 Å². The summed E-state index contributed by atoms with van der Waals surface area (Å²) in [7, 11) is 0. The van der Waals surface area contributed by atoms with Gasteiger partial charge in [-0.25, -0.2) is 0 Å². The van der Waals surface area contributed by atoms with Crippen LogP contribution in [0.2, 0.25) is 0 Å². The van der Waals surface area contributed by atoms with Gasteiger partial charge in [-0.2, -0.15) is 11.8 Å². The molecule has 160 valence electrons. The predicted octanol–water partition coefficient (Wildman–Crippen LogP) is 2.98. The Hall–Kier alpha value is -1.53. The summed E-state index contributed by atoms with van der Waals surface area (Å²) in [6, 6.07) is 10.1. The Bertz CT molecular complexity index is 668. The Morgan fingerprint density at radius 2 is 1.83 bits per heavy atom. The number of nitrogens with zero attached hydrogens (tertiary/aromatic N) is 1. The van der Waals surface area contributed by atoms with Crippen LogP contribution in [0, 0.1) is 5.41 Å². The molecule has 0 unspecified atom stereocenters. The highest BCUT2D eigenvalue weighted by atomic mass is 32.2. The van der Waals surface area contributed by atoms with Crippen molar-refractivity contribution in [3.05, 3.63) is 35.9 Å². The van der Waals surface area contributed by atoms with E-state index < -0.39 is 11.5 Å². The third kappa shape index (κ3) is 5.76. The third-order valence-corrected chi connectivity index (χ3v) is 7.20. The van der Waals surface area contributed by atoms with Gasteiger partial charge in [0.05, 0.1) is 11.5 Å². The van der Waals surface area contributed by atoms with E-state index in [0.717, 1.165) is 19.3 Å². The molecule has 0 aromatic heterocycles. The lowest BCUT2D eigenvalue weighted by molar-refractivity contribution is -0.141. The number of nitrogens with one attached hydrogen (secondary N) is 1. The molecule has 5 nitrogen and oxygen atoms in total. The molecule has 1 aromatic rings. The topological polar surface area (TPSA) is 75.4 Å². The summed E-state index contributed by atoms with van der Waals surface area (Å²) in [4.78, 5) is 28.0. The van der Waals surface area contributed by atoms with Crippen molar-refractivity contribution >= 4 is 23.6 Å². The number of amides is 2. The molecule has 3 N–H and O–H groups in total. The quantitative estimate of drug-likeness (QED) is 0.715. The summed E-state index contributed by atoms with van der Waals surface area (Å²) in [5.41, 5.74) is 6.78. The number of nitrogens with two attached hydrogens (primary N) is 1. The van der Waals surface area contributed by atoms with Gasteiger partial charge >= 0.3 is 0 Å². The minimum atomic E-state index is -0.456. The van der Waals surface area contributed by atoms with E-state index >= 15 is 0 Å². The zero-order valence-corrected chi connectivity index (χ0v) is 18.4. The van der Waals surface area contributed by atoms with Crippen molar-refractivity contribution in [2.45, 2.75) is 63.5 Å². The molecule has 1 aliphatic carbocycles. The van der Waals surface area contributed by atoms with Crippen LogP contribution in [0.1, 0.15) is 50.5 Å². The molecule has 0 spiro atoms. The van der Waals surface area contributed by atoms with E-state index in [4.69, 9.17) is 5.73 Å². The number of rotatable bonds is 7. The molecule has 6 heteroatoms. The van der Waals surface area contributed by atoms with Gasteiger partial charge < -0.3 is 16.0 Å². The smallest absolute Gasteiger partial charge is 0.240 e. The van der Waals surface area contributed by atoms with E-state index in [-0.39, 0.29) is 11.8 Å². The number of thioether (sulfide) groups is 1. The Balaban J connectivity index is 1.70. The second kappa shape index (κ2) is 10.5. The average molecular weight is 418 g/mol. The van der Waals surface area contributed by atoms with Gasteiger partial charge in [0.15, 0.2) is 0 Å². The van der Waals surface area contributed by atoms with Crippen LogP contribution in [0.3, 0.4) is 0 Å². The van der Waals surface area contributed by atoms with Crippen molar-refractivity contribution in [2.24, 2.45) is 11.1 Å². The fourth-order valence-electron chi connectivity index (χ4n) is 4.70. The number of hydrogen-bond acceptors (Lipinski definition) is 4. The van der Waals surface area contributed by atoms with Crippen LogP contribution < -0.4 is 11.1 Å². The summed E-state index contributed by atoms with van der Waals surface area (Å²) in [6.07, 6.45) is 9.92. The Morgan fingerprint density at radius 1 is 1.17 bits per heavy atom. The van der Waals surface area contributed by atoms with Crippen LogP contribution in [0.25, 0.3) is 0 Å². The van der Waals surface area contributed by atoms with Gasteiger partial charge in [0.1, 0.15) is 0 Å². The number of carbonyl (C=O) groups excluding carboxylic acids is 2. The molecule has 3 rings (SSSR count). The van der Waals surface area contributed by atoms with Crippen molar-refractivity contribution in [1.29, 1.82) is 0 Å². The maximum absolute atomic E-state index is 13.5. The van der Waals surface area contributed by atoms with Gasteiger partial charge in [0, 0.05) is 24.9 Å². The summed E-state index contributed by atoms with van der Waals surface area (Å²) >= 11 is 1.59. The molecule has 0 bridgehead atoms. The summed E-state index contributed by atoms with van der Waals surface area (Å²) in [5, 5.41) is 3.37. The molecule has 2 aliphatic rings. The molecule has 1 atom stereocenters. The first kappa shape index (κ1) is 22.2. The average Bonchev–Trinajstić information content (AvgIpc) is 2.75. The number of hydrogen-bond donors (Lipinski definition) is 2. The first-order valence-electron chi connectivity index (χ1n) is 10.9. The summed E-state index contributed by atoms with van der Waals surface area (Å²) < 4.78 is 0. The molecule has 0 radical (unpaired) electrons. The highest BCUT2D eigenvalue weighted by Crippen LogP contribution is 2.36. The molecule has 1 saturated heterocycles. The molecule has 2 fully saturated rings. The number of carbonyl (C=O) groups is 2. The lowest BCUT2D eigenvalue weighted by Gasteiger charge is -2.42. The zero-order valence-electron chi connectivity index (χ0n) is 17.6. The molecule has 1 heterocycles. The maximum atomic E-state index is 13.5. The van der Waals surface area contributed by atoms with Crippen LogP contribution in [0.4, 0.5) is 0 Å². The van der Waals surface area contributed by atoms with E-state index in [0.29, 0.717) is 37.7 Å².